The number of hydrogen-bond acceptors (Lipinski definition) is 2. The average molecular weight is 241 g/mol. The summed E-state index contributed by atoms with van der Waals surface area (Å²) in [4.78, 5) is 0. The zero-order valence-corrected chi connectivity index (χ0v) is 11.7. The normalized spacial score (nSPS) is 37.5. The van der Waals surface area contributed by atoms with Gasteiger partial charge in [-0.1, -0.05) is 39.0 Å². The molecule has 0 spiro atoms. The molecule has 2 heteroatoms. The van der Waals surface area contributed by atoms with Crippen molar-refractivity contribution in [3.8, 4) is 0 Å². The lowest BCUT2D eigenvalue weighted by Gasteiger charge is -2.25. The van der Waals surface area contributed by atoms with Gasteiger partial charge in [-0.2, -0.15) is 0 Å². The smallest absolute Gasteiger partial charge is 0.0536 e. The summed E-state index contributed by atoms with van der Waals surface area (Å²) < 4.78 is 0. The molecule has 0 aromatic heterocycles. The Morgan fingerprint density at radius 3 is 2.62 bits per heavy atom. The molecule has 0 bridgehead atoms. The zero-order valence-electron chi connectivity index (χ0n) is 10.9. The first kappa shape index (κ1) is 12.8. The van der Waals surface area contributed by atoms with E-state index in [2.05, 4.69) is 30.9 Å². The lowest BCUT2D eigenvalue weighted by Crippen LogP contribution is -2.38. The molecule has 1 N–H and O–H groups in total. The van der Waals surface area contributed by atoms with E-state index < -0.39 is 0 Å². The number of rotatable bonds is 3. The quantitative estimate of drug-likeness (QED) is 0.800. The van der Waals surface area contributed by atoms with Crippen LogP contribution in [-0.4, -0.2) is 17.2 Å². The first-order valence-electron chi connectivity index (χ1n) is 7.17. The van der Waals surface area contributed by atoms with Crippen LogP contribution in [-0.2, 0) is 0 Å². The summed E-state index contributed by atoms with van der Waals surface area (Å²) in [6, 6.07) is 0.728. The third-order valence-corrected chi connectivity index (χ3v) is 5.71. The minimum Gasteiger partial charge on any atom is -0.303 e. The van der Waals surface area contributed by atoms with Gasteiger partial charge in [-0.15, -0.1) is 11.8 Å². The third-order valence-electron chi connectivity index (χ3n) is 4.51. The fraction of sp³-hybridized carbons (Fsp3) is 1.00. The van der Waals surface area contributed by atoms with E-state index in [4.69, 9.17) is 0 Å². The summed E-state index contributed by atoms with van der Waals surface area (Å²) >= 11 is 2.18. The summed E-state index contributed by atoms with van der Waals surface area (Å²) in [5.41, 5.74) is 0. The molecule has 2 fully saturated rings. The molecule has 0 aromatic rings. The van der Waals surface area contributed by atoms with E-state index in [1.54, 1.807) is 0 Å². The highest BCUT2D eigenvalue weighted by atomic mass is 32.2. The van der Waals surface area contributed by atoms with Crippen LogP contribution in [0.25, 0.3) is 0 Å². The molecule has 0 amide bonds. The molecule has 2 aliphatic rings. The van der Waals surface area contributed by atoms with E-state index in [9.17, 15) is 0 Å². The van der Waals surface area contributed by atoms with Crippen molar-refractivity contribution in [3.63, 3.8) is 0 Å². The van der Waals surface area contributed by atoms with Crippen molar-refractivity contribution in [2.75, 3.05) is 5.75 Å². The molecular weight excluding hydrogens is 214 g/mol. The van der Waals surface area contributed by atoms with Gasteiger partial charge in [0.15, 0.2) is 0 Å². The highest BCUT2D eigenvalue weighted by molar-refractivity contribution is 7.99. The number of hydrogen-bond donors (Lipinski definition) is 1. The maximum absolute atomic E-state index is 3.87. The highest BCUT2D eigenvalue weighted by Gasteiger charge is 2.26. The van der Waals surface area contributed by atoms with Gasteiger partial charge < -0.3 is 5.32 Å². The van der Waals surface area contributed by atoms with Crippen LogP contribution in [0.1, 0.15) is 58.8 Å². The van der Waals surface area contributed by atoms with E-state index in [-0.39, 0.29) is 0 Å². The van der Waals surface area contributed by atoms with Crippen molar-refractivity contribution in [1.29, 1.82) is 0 Å². The molecule has 0 radical (unpaired) electrons. The molecule has 3 atom stereocenters. The lowest BCUT2D eigenvalue weighted by molar-refractivity contribution is 0.340. The molecule has 1 saturated carbocycles. The highest BCUT2D eigenvalue weighted by Crippen LogP contribution is 2.33. The monoisotopic (exact) mass is 241 g/mol. The van der Waals surface area contributed by atoms with Crippen LogP contribution in [0.4, 0.5) is 0 Å². The Labute approximate surface area is 105 Å². The average Bonchev–Trinajstić information content (AvgIpc) is 2.69. The molecule has 1 aliphatic carbocycles. The molecule has 0 aromatic carbocycles. The Hall–Kier alpha value is 0.310. The Kier molecular flexibility index (Phi) is 5.02. The zero-order chi connectivity index (χ0) is 11.4. The second-order valence-corrected chi connectivity index (χ2v) is 6.97. The topological polar surface area (TPSA) is 12.0 Å². The first-order valence-corrected chi connectivity index (χ1v) is 8.22. The van der Waals surface area contributed by atoms with Crippen LogP contribution >= 0.6 is 11.8 Å². The van der Waals surface area contributed by atoms with Gasteiger partial charge in [-0.05, 0) is 37.4 Å². The molecule has 1 heterocycles. The van der Waals surface area contributed by atoms with Gasteiger partial charge in [0, 0.05) is 6.04 Å². The van der Waals surface area contributed by atoms with E-state index in [1.165, 1.54) is 50.7 Å². The Morgan fingerprint density at radius 2 is 1.94 bits per heavy atom. The number of nitrogens with one attached hydrogen (secondary N) is 1. The predicted molar refractivity (Wildman–Crippen MR) is 73.8 cm³/mol. The summed E-state index contributed by atoms with van der Waals surface area (Å²) in [5, 5.41) is 4.61. The van der Waals surface area contributed by atoms with Crippen molar-refractivity contribution < 1.29 is 0 Å². The standard InChI is InChI=1S/C14H27NS/c1-3-13-8-9-16-14(15-11(13)2)10-12-6-4-5-7-12/h11-15H,3-10H2,1-2H3. The largest absolute Gasteiger partial charge is 0.303 e. The van der Waals surface area contributed by atoms with Crippen LogP contribution in [0.2, 0.25) is 0 Å². The van der Waals surface area contributed by atoms with Crippen LogP contribution in [0.3, 0.4) is 0 Å². The van der Waals surface area contributed by atoms with Crippen LogP contribution in [0, 0.1) is 11.8 Å². The van der Waals surface area contributed by atoms with Gasteiger partial charge in [-0.3, -0.25) is 0 Å². The van der Waals surface area contributed by atoms with Crippen LogP contribution in [0.5, 0.6) is 0 Å². The molecular formula is C14H27NS. The van der Waals surface area contributed by atoms with Gasteiger partial charge in [0.2, 0.25) is 0 Å². The fourth-order valence-corrected chi connectivity index (χ4v) is 4.77. The maximum Gasteiger partial charge on any atom is 0.0536 e. The van der Waals surface area contributed by atoms with E-state index in [0.717, 1.165) is 23.3 Å². The Bertz CT molecular complexity index is 201. The SMILES string of the molecule is CCC1CCSC(CC2CCCC2)NC1C. The van der Waals surface area contributed by atoms with Crippen molar-refractivity contribution >= 4 is 11.8 Å². The van der Waals surface area contributed by atoms with Gasteiger partial charge in [-0.25, -0.2) is 0 Å². The van der Waals surface area contributed by atoms with Gasteiger partial charge in [0.25, 0.3) is 0 Å². The second kappa shape index (κ2) is 6.30. The van der Waals surface area contributed by atoms with E-state index >= 15 is 0 Å². The molecule has 2 rings (SSSR count). The first-order chi connectivity index (χ1) is 7.79. The van der Waals surface area contributed by atoms with Gasteiger partial charge in [0.05, 0.1) is 5.37 Å². The fourth-order valence-electron chi connectivity index (χ4n) is 3.33. The van der Waals surface area contributed by atoms with Gasteiger partial charge in [0.1, 0.15) is 0 Å². The molecule has 1 saturated heterocycles. The van der Waals surface area contributed by atoms with Gasteiger partial charge >= 0.3 is 0 Å². The van der Waals surface area contributed by atoms with Crippen molar-refractivity contribution in [2.45, 2.75) is 70.2 Å². The minimum absolute atomic E-state index is 0.728. The van der Waals surface area contributed by atoms with E-state index in [0.29, 0.717) is 0 Å². The van der Waals surface area contributed by atoms with Crippen molar-refractivity contribution in [2.24, 2.45) is 11.8 Å². The summed E-state index contributed by atoms with van der Waals surface area (Å²) in [6.45, 7) is 4.73. The predicted octanol–water partition coefficient (Wildman–Crippen LogP) is 4.03. The minimum atomic E-state index is 0.728. The molecule has 1 aliphatic heterocycles. The lowest BCUT2D eigenvalue weighted by atomic mass is 9.95. The third kappa shape index (κ3) is 3.40. The molecule has 3 unspecified atom stereocenters. The van der Waals surface area contributed by atoms with Crippen LogP contribution in [0.15, 0.2) is 0 Å². The Morgan fingerprint density at radius 1 is 1.19 bits per heavy atom. The summed E-state index contributed by atoms with van der Waals surface area (Å²) in [5.74, 6) is 3.30. The van der Waals surface area contributed by atoms with Crippen LogP contribution < -0.4 is 5.32 Å². The Balaban J connectivity index is 1.81. The van der Waals surface area contributed by atoms with E-state index in [1.807, 2.05) is 0 Å². The maximum atomic E-state index is 3.87. The molecule has 16 heavy (non-hydrogen) atoms. The second-order valence-electron chi connectivity index (χ2n) is 5.66. The summed E-state index contributed by atoms with van der Waals surface area (Å²) in [6.07, 6.45) is 10.1. The number of thioether (sulfide) groups is 1. The molecule has 1 nitrogen and oxygen atoms in total. The van der Waals surface area contributed by atoms with Crippen molar-refractivity contribution in [1.82, 2.24) is 5.32 Å². The van der Waals surface area contributed by atoms with Crippen molar-refractivity contribution in [3.05, 3.63) is 0 Å². The molecule has 94 valence electrons. The summed E-state index contributed by atoms with van der Waals surface area (Å²) in [7, 11) is 0.